The van der Waals surface area contributed by atoms with Crippen LogP contribution in [0.4, 0.5) is 14.5 Å². The molecule has 7 nitrogen and oxygen atoms in total. The zero-order valence-corrected chi connectivity index (χ0v) is 19.3. The van der Waals surface area contributed by atoms with Gasteiger partial charge < -0.3 is 10.6 Å². The molecule has 10 heteroatoms. The standard InChI is InChI=1S/C23H27F2N3O4S/c1-15-6-7-16(2)21(13-15)33(31,32)28-12-4-3-5-18(28)10-11-26-22(29)23(30)27-20-9-8-17(24)14-19(20)25/h6-9,13-14,18H,3-5,10-12H2,1-2H3,(H,26,29)(H,27,30). The lowest BCUT2D eigenvalue weighted by Crippen LogP contribution is -2.46. The summed E-state index contributed by atoms with van der Waals surface area (Å²) >= 11 is 0. The maximum atomic E-state index is 13.7. The van der Waals surface area contributed by atoms with Crippen LogP contribution in [0, 0.1) is 25.5 Å². The van der Waals surface area contributed by atoms with E-state index in [9.17, 15) is 26.8 Å². The van der Waals surface area contributed by atoms with E-state index in [-0.39, 0.29) is 23.2 Å². The minimum absolute atomic E-state index is 0.0711. The van der Waals surface area contributed by atoms with Crippen LogP contribution in [0.5, 0.6) is 0 Å². The largest absolute Gasteiger partial charge is 0.348 e. The van der Waals surface area contributed by atoms with E-state index in [2.05, 4.69) is 10.6 Å². The Labute approximate surface area is 192 Å². The number of aryl methyl sites for hydroxylation is 2. The predicted molar refractivity (Wildman–Crippen MR) is 120 cm³/mol. The fraction of sp³-hybridized carbons (Fsp3) is 0.391. The van der Waals surface area contributed by atoms with Gasteiger partial charge in [0.1, 0.15) is 11.6 Å². The molecule has 3 rings (SSSR count). The molecule has 0 spiro atoms. The molecule has 1 fully saturated rings. The summed E-state index contributed by atoms with van der Waals surface area (Å²) in [6.45, 7) is 4.05. The monoisotopic (exact) mass is 479 g/mol. The lowest BCUT2D eigenvalue weighted by molar-refractivity contribution is -0.136. The molecule has 2 amide bonds. The van der Waals surface area contributed by atoms with Crippen LogP contribution >= 0.6 is 0 Å². The molecule has 1 aliphatic heterocycles. The number of nitrogens with one attached hydrogen (secondary N) is 2. The Hall–Kier alpha value is -2.85. The number of amides is 2. The van der Waals surface area contributed by atoms with E-state index >= 15 is 0 Å². The summed E-state index contributed by atoms with van der Waals surface area (Å²) in [5.74, 6) is -3.88. The first-order valence-electron chi connectivity index (χ1n) is 10.7. The number of carbonyl (C=O) groups excluding carboxylic acids is 2. The van der Waals surface area contributed by atoms with Crippen molar-refractivity contribution in [3.8, 4) is 0 Å². The third kappa shape index (κ3) is 5.94. The van der Waals surface area contributed by atoms with Crippen LogP contribution in [0.3, 0.4) is 0 Å². The number of carbonyl (C=O) groups is 2. The van der Waals surface area contributed by atoms with Gasteiger partial charge in [0, 0.05) is 25.2 Å². The van der Waals surface area contributed by atoms with E-state index in [1.165, 1.54) is 4.31 Å². The molecule has 178 valence electrons. The van der Waals surface area contributed by atoms with Gasteiger partial charge >= 0.3 is 11.8 Å². The van der Waals surface area contributed by atoms with Gasteiger partial charge in [0.05, 0.1) is 10.6 Å². The van der Waals surface area contributed by atoms with Gasteiger partial charge in [0.25, 0.3) is 0 Å². The van der Waals surface area contributed by atoms with Gasteiger partial charge in [-0.25, -0.2) is 17.2 Å². The molecule has 0 aromatic heterocycles. The van der Waals surface area contributed by atoms with Crippen LogP contribution in [0.1, 0.15) is 36.8 Å². The first-order chi connectivity index (χ1) is 15.6. The Morgan fingerprint density at radius 1 is 1.06 bits per heavy atom. The number of rotatable bonds is 6. The summed E-state index contributed by atoms with van der Waals surface area (Å²) in [4.78, 5) is 24.4. The molecule has 0 aliphatic carbocycles. The molecule has 0 bridgehead atoms. The van der Waals surface area contributed by atoms with Gasteiger partial charge in [-0.05, 0) is 62.4 Å². The molecule has 33 heavy (non-hydrogen) atoms. The van der Waals surface area contributed by atoms with E-state index in [4.69, 9.17) is 0 Å². The Morgan fingerprint density at radius 3 is 2.55 bits per heavy atom. The number of piperidine rings is 1. The molecular weight excluding hydrogens is 452 g/mol. The number of hydrogen-bond donors (Lipinski definition) is 2. The minimum Gasteiger partial charge on any atom is -0.348 e. The third-order valence-electron chi connectivity index (χ3n) is 5.65. The van der Waals surface area contributed by atoms with Crippen LogP contribution in [0.2, 0.25) is 0 Å². The fourth-order valence-corrected chi connectivity index (χ4v) is 5.93. The Morgan fingerprint density at radius 2 is 1.82 bits per heavy atom. The minimum atomic E-state index is -3.71. The highest BCUT2D eigenvalue weighted by Crippen LogP contribution is 2.29. The number of hydrogen-bond acceptors (Lipinski definition) is 4. The van der Waals surface area contributed by atoms with Crippen molar-refractivity contribution in [1.82, 2.24) is 9.62 Å². The lowest BCUT2D eigenvalue weighted by atomic mass is 10.0. The molecule has 1 aliphatic rings. The molecule has 1 unspecified atom stereocenters. The molecule has 0 radical (unpaired) electrons. The third-order valence-corrected chi connectivity index (χ3v) is 7.75. The molecule has 2 aromatic rings. The van der Waals surface area contributed by atoms with Gasteiger partial charge in [-0.15, -0.1) is 0 Å². The van der Waals surface area contributed by atoms with E-state index in [1.54, 1.807) is 19.1 Å². The molecule has 1 saturated heterocycles. The normalized spacial score (nSPS) is 16.9. The van der Waals surface area contributed by atoms with Crippen LogP contribution in [0.15, 0.2) is 41.3 Å². The smallest absolute Gasteiger partial charge is 0.313 e. The summed E-state index contributed by atoms with van der Waals surface area (Å²) < 4.78 is 54.8. The highest BCUT2D eigenvalue weighted by molar-refractivity contribution is 7.89. The zero-order chi connectivity index (χ0) is 24.2. The van der Waals surface area contributed by atoms with Crippen molar-refractivity contribution in [2.45, 2.75) is 50.5 Å². The highest BCUT2D eigenvalue weighted by Gasteiger charge is 2.34. The second kappa shape index (κ2) is 10.4. The summed E-state index contributed by atoms with van der Waals surface area (Å²) in [5, 5.41) is 4.54. The van der Waals surface area contributed by atoms with Gasteiger partial charge in [-0.1, -0.05) is 18.6 Å². The van der Waals surface area contributed by atoms with E-state index in [0.717, 1.165) is 30.5 Å². The number of benzene rings is 2. The van der Waals surface area contributed by atoms with Crippen molar-refractivity contribution in [2.24, 2.45) is 0 Å². The number of sulfonamides is 1. The van der Waals surface area contributed by atoms with Crippen LogP contribution in [-0.4, -0.2) is 43.7 Å². The van der Waals surface area contributed by atoms with Crippen LogP contribution in [0.25, 0.3) is 0 Å². The van der Waals surface area contributed by atoms with Crippen molar-refractivity contribution in [1.29, 1.82) is 0 Å². The molecule has 1 heterocycles. The average Bonchev–Trinajstić information content (AvgIpc) is 2.77. The highest BCUT2D eigenvalue weighted by atomic mass is 32.2. The van der Waals surface area contributed by atoms with Crippen LogP contribution in [-0.2, 0) is 19.6 Å². The predicted octanol–water partition coefficient (Wildman–Crippen LogP) is 3.27. The second-order valence-electron chi connectivity index (χ2n) is 8.16. The summed E-state index contributed by atoms with van der Waals surface area (Å²) in [6.07, 6.45) is 2.58. The SMILES string of the molecule is Cc1ccc(C)c(S(=O)(=O)N2CCCCC2CCNC(=O)C(=O)Nc2ccc(F)cc2F)c1. The molecule has 2 aromatic carbocycles. The van der Waals surface area contributed by atoms with Gasteiger partial charge in [-0.3, -0.25) is 9.59 Å². The maximum absolute atomic E-state index is 13.7. The molecular formula is C23H27F2N3O4S. The van der Waals surface area contributed by atoms with Crippen molar-refractivity contribution in [3.63, 3.8) is 0 Å². The number of halogens is 2. The van der Waals surface area contributed by atoms with Crippen molar-refractivity contribution in [2.75, 3.05) is 18.4 Å². The zero-order valence-electron chi connectivity index (χ0n) is 18.5. The average molecular weight is 480 g/mol. The van der Waals surface area contributed by atoms with Crippen molar-refractivity contribution >= 4 is 27.5 Å². The quantitative estimate of drug-likeness (QED) is 0.622. The summed E-state index contributed by atoms with van der Waals surface area (Å²) in [6, 6.07) is 7.57. The Bertz CT molecular complexity index is 1150. The van der Waals surface area contributed by atoms with E-state index in [0.29, 0.717) is 31.0 Å². The summed E-state index contributed by atoms with van der Waals surface area (Å²) in [7, 11) is -3.71. The van der Waals surface area contributed by atoms with Gasteiger partial charge in [0.15, 0.2) is 0 Å². The second-order valence-corrected chi connectivity index (χ2v) is 10.0. The van der Waals surface area contributed by atoms with Crippen molar-refractivity contribution < 1.29 is 26.8 Å². The summed E-state index contributed by atoms with van der Waals surface area (Å²) in [5.41, 5.74) is 1.21. The van der Waals surface area contributed by atoms with Gasteiger partial charge in [-0.2, -0.15) is 4.31 Å². The Balaban J connectivity index is 1.61. The first-order valence-corrected chi connectivity index (χ1v) is 12.2. The van der Waals surface area contributed by atoms with E-state index in [1.807, 2.05) is 13.0 Å². The van der Waals surface area contributed by atoms with Crippen molar-refractivity contribution in [3.05, 3.63) is 59.2 Å². The molecule has 0 saturated carbocycles. The molecule has 1 atom stereocenters. The van der Waals surface area contributed by atoms with Gasteiger partial charge in [0.2, 0.25) is 10.0 Å². The lowest BCUT2D eigenvalue weighted by Gasteiger charge is -2.35. The van der Waals surface area contributed by atoms with E-state index < -0.39 is 33.5 Å². The Kier molecular flexibility index (Phi) is 7.80. The maximum Gasteiger partial charge on any atom is 0.313 e. The topological polar surface area (TPSA) is 95.6 Å². The van der Waals surface area contributed by atoms with Crippen LogP contribution < -0.4 is 10.6 Å². The first kappa shape index (κ1) is 24.8. The number of anilines is 1. The molecule has 2 N–H and O–H groups in total. The number of nitrogens with zero attached hydrogens (tertiary/aromatic N) is 1. The fourth-order valence-electron chi connectivity index (χ4n) is 3.89.